The van der Waals surface area contributed by atoms with Crippen LogP contribution >= 0.6 is 0 Å². The van der Waals surface area contributed by atoms with E-state index in [1.807, 2.05) is 25.1 Å². The lowest BCUT2D eigenvalue weighted by molar-refractivity contribution is 0.161. The third kappa shape index (κ3) is 5.04. The average molecular weight is 252 g/mol. The minimum Gasteiger partial charge on any atom is -0.507 e. The third-order valence-corrected chi connectivity index (χ3v) is 2.98. The Hall–Kier alpha value is -1.10. The summed E-state index contributed by atoms with van der Waals surface area (Å²) in [6, 6.07) is 5.83. The van der Waals surface area contributed by atoms with Crippen molar-refractivity contribution < 1.29 is 9.84 Å². The molecule has 0 aliphatic carbocycles. The molecule has 0 saturated heterocycles. The number of nitrogens with one attached hydrogen (secondary N) is 1. The molecule has 0 aliphatic heterocycles. The Morgan fingerprint density at radius 3 is 2.83 bits per heavy atom. The molecule has 4 nitrogen and oxygen atoms in total. The summed E-state index contributed by atoms with van der Waals surface area (Å²) >= 11 is 0. The van der Waals surface area contributed by atoms with Crippen LogP contribution in [0.15, 0.2) is 18.2 Å². The predicted octanol–water partition coefficient (Wildman–Crippen LogP) is 1.37. The molecule has 0 atom stereocenters. The zero-order valence-corrected chi connectivity index (χ0v) is 11.6. The standard InChI is InChI=1S/C14H24N2O2/c1-12-5-4-6-13(14(12)17)11-15-7-8-16(2)9-10-18-3/h4-6,15,17H,7-11H2,1-3H3. The van der Waals surface area contributed by atoms with Gasteiger partial charge in [0.05, 0.1) is 6.61 Å². The van der Waals surface area contributed by atoms with Crippen LogP contribution in [0.3, 0.4) is 0 Å². The average Bonchev–Trinajstić information content (AvgIpc) is 2.37. The molecule has 0 saturated carbocycles. The molecule has 0 aromatic heterocycles. The number of para-hydroxylation sites is 1. The second-order valence-corrected chi connectivity index (χ2v) is 4.56. The monoisotopic (exact) mass is 252 g/mol. The van der Waals surface area contributed by atoms with Crippen LogP contribution in [0.2, 0.25) is 0 Å². The summed E-state index contributed by atoms with van der Waals surface area (Å²) in [4.78, 5) is 2.21. The van der Waals surface area contributed by atoms with E-state index in [1.54, 1.807) is 7.11 Å². The number of ether oxygens (including phenoxy) is 1. The molecular formula is C14H24N2O2. The molecule has 102 valence electrons. The molecule has 0 fully saturated rings. The lowest BCUT2D eigenvalue weighted by atomic mass is 10.1. The van der Waals surface area contributed by atoms with Gasteiger partial charge in [0.25, 0.3) is 0 Å². The number of rotatable bonds is 8. The van der Waals surface area contributed by atoms with Crippen molar-refractivity contribution in [1.29, 1.82) is 0 Å². The molecule has 0 amide bonds. The van der Waals surface area contributed by atoms with E-state index in [0.29, 0.717) is 12.3 Å². The Balaban J connectivity index is 2.23. The van der Waals surface area contributed by atoms with Crippen LogP contribution in [0.5, 0.6) is 5.75 Å². The number of aromatic hydroxyl groups is 1. The van der Waals surface area contributed by atoms with Gasteiger partial charge in [-0.15, -0.1) is 0 Å². The smallest absolute Gasteiger partial charge is 0.122 e. The van der Waals surface area contributed by atoms with E-state index < -0.39 is 0 Å². The number of hydrogen-bond donors (Lipinski definition) is 2. The molecule has 1 rings (SSSR count). The van der Waals surface area contributed by atoms with Crippen LogP contribution in [0, 0.1) is 6.92 Å². The van der Waals surface area contributed by atoms with Gasteiger partial charge in [-0.25, -0.2) is 0 Å². The molecule has 18 heavy (non-hydrogen) atoms. The first-order valence-electron chi connectivity index (χ1n) is 6.30. The Labute approximate surface area is 110 Å². The first-order valence-corrected chi connectivity index (χ1v) is 6.30. The van der Waals surface area contributed by atoms with Crippen molar-refractivity contribution in [2.75, 3.05) is 40.4 Å². The van der Waals surface area contributed by atoms with Crippen LogP contribution in [0.25, 0.3) is 0 Å². The Morgan fingerprint density at radius 2 is 2.11 bits per heavy atom. The molecule has 0 aliphatic rings. The topological polar surface area (TPSA) is 44.7 Å². The fraction of sp³-hybridized carbons (Fsp3) is 0.571. The highest BCUT2D eigenvalue weighted by molar-refractivity contribution is 5.39. The molecule has 0 spiro atoms. The summed E-state index contributed by atoms with van der Waals surface area (Å²) < 4.78 is 5.02. The molecule has 0 bridgehead atoms. The van der Waals surface area contributed by atoms with E-state index in [1.165, 1.54) is 0 Å². The van der Waals surface area contributed by atoms with Crippen LogP contribution in [-0.4, -0.2) is 50.4 Å². The van der Waals surface area contributed by atoms with E-state index >= 15 is 0 Å². The third-order valence-electron chi connectivity index (χ3n) is 2.98. The molecule has 4 heteroatoms. The summed E-state index contributed by atoms with van der Waals surface area (Å²) in [5.74, 6) is 0.401. The highest BCUT2D eigenvalue weighted by atomic mass is 16.5. The van der Waals surface area contributed by atoms with Crippen LogP contribution in [0.4, 0.5) is 0 Å². The normalized spacial score (nSPS) is 11.1. The molecule has 1 aromatic rings. The maximum absolute atomic E-state index is 9.86. The van der Waals surface area contributed by atoms with Gasteiger partial charge in [0, 0.05) is 38.9 Å². The Bertz CT molecular complexity index is 356. The fourth-order valence-corrected chi connectivity index (χ4v) is 1.71. The number of hydrogen-bond acceptors (Lipinski definition) is 4. The van der Waals surface area contributed by atoms with Crippen molar-refractivity contribution in [1.82, 2.24) is 10.2 Å². The lowest BCUT2D eigenvalue weighted by Gasteiger charge is -2.16. The lowest BCUT2D eigenvalue weighted by Crippen LogP contribution is -2.31. The maximum Gasteiger partial charge on any atom is 0.122 e. The first-order chi connectivity index (χ1) is 8.65. The zero-order valence-electron chi connectivity index (χ0n) is 11.6. The largest absolute Gasteiger partial charge is 0.507 e. The molecule has 0 radical (unpaired) electrons. The minimum absolute atomic E-state index is 0.401. The Morgan fingerprint density at radius 1 is 1.33 bits per heavy atom. The van der Waals surface area contributed by atoms with E-state index in [4.69, 9.17) is 4.74 Å². The van der Waals surface area contributed by atoms with Gasteiger partial charge in [-0.05, 0) is 19.5 Å². The van der Waals surface area contributed by atoms with Crippen molar-refractivity contribution in [2.24, 2.45) is 0 Å². The maximum atomic E-state index is 9.86. The van der Waals surface area contributed by atoms with Gasteiger partial charge in [0.2, 0.25) is 0 Å². The fourth-order valence-electron chi connectivity index (χ4n) is 1.71. The summed E-state index contributed by atoms with van der Waals surface area (Å²) in [5, 5.41) is 13.2. The van der Waals surface area contributed by atoms with Gasteiger partial charge < -0.3 is 20.1 Å². The molecule has 2 N–H and O–H groups in total. The van der Waals surface area contributed by atoms with E-state index in [9.17, 15) is 5.11 Å². The zero-order chi connectivity index (χ0) is 13.4. The minimum atomic E-state index is 0.401. The summed E-state index contributed by atoms with van der Waals surface area (Å²) in [6.07, 6.45) is 0. The van der Waals surface area contributed by atoms with Crippen molar-refractivity contribution in [3.05, 3.63) is 29.3 Å². The second-order valence-electron chi connectivity index (χ2n) is 4.56. The SMILES string of the molecule is COCCN(C)CCNCc1cccc(C)c1O. The van der Waals surface area contributed by atoms with E-state index in [-0.39, 0.29) is 0 Å². The van der Waals surface area contributed by atoms with Gasteiger partial charge in [0.15, 0.2) is 0 Å². The molecular weight excluding hydrogens is 228 g/mol. The van der Waals surface area contributed by atoms with Crippen molar-refractivity contribution in [3.63, 3.8) is 0 Å². The number of phenolic OH excluding ortho intramolecular Hbond substituents is 1. The predicted molar refractivity (Wildman–Crippen MR) is 73.9 cm³/mol. The van der Waals surface area contributed by atoms with Crippen LogP contribution in [-0.2, 0) is 11.3 Å². The van der Waals surface area contributed by atoms with Crippen LogP contribution in [0.1, 0.15) is 11.1 Å². The number of aryl methyl sites for hydroxylation is 1. The summed E-state index contributed by atoms with van der Waals surface area (Å²) in [5.41, 5.74) is 1.88. The van der Waals surface area contributed by atoms with Gasteiger partial charge in [-0.2, -0.15) is 0 Å². The number of nitrogens with zero attached hydrogens (tertiary/aromatic N) is 1. The number of phenols is 1. The van der Waals surface area contributed by atoms with Gasteiger partial charge in [0.1, 0.15) is 5.75 Å². The van der Waals surface area contributed by atoms with Crippen LogP contribution < -0.4 is 5.32 Å². The molecule has 0 unspecified atom stereocenters. The van der Waals surface area contributed by atoms with E-state index in [2.05, 4.69) is 17.3 Å². The highest BCUT2D eigenvalue weighted by Gasteiger charge is 2.03. The quantitative estimate of drug-likeness (QED) is 0.686. The molecule has 0 heterocycles. The first kappa shape index (κ1) is 15.0. The van der Waals surface area contributed by atoms with E-state index in [0.717, 1.165) is 37.4 Å². The van der Waals surface area contributed by atoms with Crippen molar-refractivity contribution >= 4 is 0 Å². The number of likely N-dealkylation sites (N-methyl/N-ethyl adjacent to an activating group) is 1. The van der Waals surface area contributed by atoms with Gasteiger partial charge >= 0.3 is 0 Å². The Kier molecular flexibility index (Phi) is 6.72. The van der Waals surface area contributed by atoms with Gasteiger partial charge in [-0.3, -0.25) is 0 Å². The highest BCUT2D eigenvalue weighted by Crippen LogP contribution is 2.20. The summed E-state index contributed by atoms with van der Waals surface area (Å²) in [7, 11) is 3.79. The van der Waals surface area contributed by atoms with Crippen molar-refractivity contribution in [2.45, 2.75) is 13.5 Å². The number of benzene rings is 1. The second kappa shape index (κ2) is 8.08. The molecule has 1 aromatic carbocycles. The van der Waals surface area contributed by atoms with Crippen molar-refractivity contribution in [3.8, 4) is 5.75 Å². The van der Waals surface area contributed by atoms with Gasteiger partial charge in [-0.1, -0.05) is 18.2 Å². The number of methoxy groups -OCH3 is 1. The summed E-state index contributed by atoms with van der Waals surface area (Å²) in [6.45, 7) is 6.18.